The molecule has 1 aromatic carbocycles. The van der Waals surface area contributed by atoms with Crippen LogP contribution in [-0.4, -0.2) is 10.0 Å². The molecule has 0 aliphatic heterocycles. The molecule has 82 valence electrons. The molecule has 15 heavy (non-hydrogen) atoms. The van der Waals surface area contributed by atoms with E-state index in [-0.39, 0.29) is 0 Å². The van der Waals surface area contributed by atoms with E-state index in [1.807, 2.05) is 35.6 Å². The average Bonchev–Trinajstić information content (AvgIpc) is 2.08. The summed E-state index contributed by atoms with van der Waals surface area (Å²) in [5.74, 6) is 0. The predicted molar refractivity (Wildman–Crippen MR) is 70.7 cm³/mol. The van der Waals surface area contributed by atoms with Crippen LogP contribution in [0, 0.1) is 10.5 Å². The summed E-state index contributed by atoms with van der Waals surface area (Å²) < 4.78 is 26.1. The van der Waals surface area contributed by atoms with Gasteiger partial charge in [0.05, 0.1) is 5.69 Å². The predicted octanol–water partition coefficient (Wildman–Crippen LogP) is 4.86. The zero-order valence-electron chi connectivity index (χ0n) is 7.57. The Kier molecular flexibility index (Phi) is 4.49. The van der Waals surface area contributed by atoms with Crippen LogP contribution < -0.4 is 0 Å². The first kappa shape index (κ1) is 13.3. The van der Waals surface area contributed by atoms with E-state index in [9.17, 15) is 8.78 Å². The van der Waals surface area contributed by atoms with Crippen LogP contribution in [0.15, 0.2) is 23.2 Å². The van der Waals surface area contributed by atoms with Gasteiger partial charge in [0.15, 0.2) is 5.17 Å². The first-order valence-electron chi connectivity index (χ1n) is 3.88. The molecule has 0 aliphatic carbocycles. The lowest BCUT2D eigenvalue weighted by atomic mass is 10.2. The molecule has 0 aromatic heterocycles. The maximum absolute atomic E-state index is 12.7. The van der Waals surface area contributed by atoms with Crippen molar-refractivity contribution in [2.24, 2.45) is 4.99 Å². The molecule has 0 saturated carbocycles. The molecule has 1 aromatic rings. The minimum absolute atomic E-state index is 0.435. The average molecular weight is 408 g/mol. The lowest BCUT2D eigenvalue weighted by Gasteiger charge is -2.06. The van der Waals surface area contributed by atoms with Gasteiger partial charge in [-0.25, -0.2) is 4.99 Å². The van der Waals surface area contributed by atoms with Gasteiger partial charge in [-0.3, -0.25) is 0 Å². The molecule has 0 aliphatic rings. The highest BCUT2D eigenvalue weighted by molar-refractivity contribution is 14.1. The summed E-state index contributed by atoms with van der Waals surface area (Å²) in [6.07, 6.45) is 0. The first-order chi connectivity index (χ1) is 6.80. The summed E-state index contributed by atoms with van der Waals surface area (Å²) in [4.78, 5) is 0.373. The van der Waals surface area contributed by atoms with Crippen molar-refractivity contribution in [1.29, 1.82) is 0 Å². The van der Waals surface area contributed by atoms with Gasteiger partial charge in [0.1, 0.15) is 0 Å². The number of hydrogen-bond donors (Lipinski definition) is 0. The minimum atomic E-state index is -3.28. The number of nitrogens with zero attached hydrogens (tertiary/aromatic N) is 1. The van der Waals surface area contributed by atoms with Crippen molar-refractivity contribution < 1.29 is 8.78 Å². The molecule has 1 nitrogen and oxygen atoms in total. The van der Waals surface area contributed by atoms with Gasteiger partial charge in [0.2, 0.25) is 0 Å². The SMILES string of the molecule is Cc1ccc(N=C(Cl)C(F)(F)Br)c(I)c1. The molecule has 0 unspecified atom stereocenters. The molecule has 1 rings (SSSR count). The van der Waals surface area contributed by atoms with Crippen molar-refractivity contribution in [3.63, 3.8) is 0 Å². The zero-order valence-corrected chi connectivity index (χ0v) is 12.1. The third-order valence-electron chi connectivity index (χ3n) is 1.56. The van der Waals surface area contributed by atoms with E-state index in [1.165, 1.54) is 0 Å². The second-order valence-corrected chi connectivity index (χ2v) is 5.37. The monoisotopic (exact) mass is 407 g/mol. The fraction of sp³-hybridized carbons (Fsp3) is 0.222. The summed E-state index contributed by atoms with van der Waals surface area (Å²) in [6.45, 7) is 1.91. The lowest BCUT2D eigenvalue weighted by Crippen LogP contribution is -2.14. The maximum atomic E-state index is 12.7. The molecule has 0 atom stereocenters. The lowest BCUT2D eigenvalue weighted by molar-refractivity contribution is 0.197. The van der Waals surface area contributed by atoms with Gasteiger partial charge in [-0.2, -0.15) is 8.78 Å². The molecule has 0 radical (unpaired) electrons. The van der Waals surface area contributed by atoms with Crippen molar-refractivity contribution in [2.45, 2.75) is 11.8 Å². The van der Waals surface area contributed by atoms with E-state index in [2.05, 4.69) is 20.9 Å². The molecular formula is C9H6BrClF2IN. The Bertz CT molecular complexity index is 404. The van der Waals surface area contributed by atoms with E-state index in [1.54, 1.807) is 12.1 Å². The van der Waals surface area contributed by atoms with Crippen LogP contribution in [-0.2, 0) is 0 Å². The molecule has 0 bridgehead atoms. The Hall–Kier alpha value is 0.250. The largest absolute Gasteiger partial charge is 0.353 e. The zero-order chi connectivity index (χ0) is 11.6. The summed E-state index contributed by atoms with van der Waals surface area (Å²) in [5.41, 5.74) is 1.48. The van der Waals surface area contributed by atoms with Crippen molar-refractivity contribution >= 4 is 61.0 Å². The molecule has 0 fully saturated rings. The van der Waals surface area contributed by atoms with Gasteiger partial charge in [0.25, 0.3) is 0 Å². The van der Waals surface area contributed by atoms with Gasteiger partial charge in [-0.15, -0.1) is 0 Å². The Labute approximate surface area is 113 Å². The smallest absolute Gasteiger partial charge is 0.233 e. The van der Waals surface area contributed by atoms with Crippen molar-refractivity contribution in [3.8, 4) is 0 Å². The van der Waals surface area contributed by atoms with E-state index in [0.717, 1.165) is 9.13 Å². The minimum Gasteiger partial charge on any atom is -0.233 e. The summed E-state index contributed by atoms with van der Waals surface area (Å²) in [5, 5.41) is -0.774. The van der Waals surface area contributed by atoms with E-state index in [0.29, 0.717) is 5.69 Å². The van der Waals surface area contributed by atoms with Crippen molar-refractivity contribution in [1.82, 2.24) is 0 Å². The molecule has 0 N–H and O–H groups in total. The topological polar surface area (TPSA) is 12.4 Å². The van der Waals surface area contributed by atoms with Gasteiger partial charge in [-0.05, 0) is 63.1 Å². The van der Waals surface area contributed by atoms with Crippen molar-refractivity contribution in [2.75, 3.05) is 0 Å². The molecule has 0 spiro atoms. The maximum Gasteiger partial charge on any atom is 0.353 e. The molecule has 6 heteroatoms. The Balaban J connectivity index is 3.09. The third-order valence-corrected chi connectivity index (χ3v) is 3.35. The van der Waals surface area contributed by atoms with Gasteiger partial charge >= 0.3 is 4.83 Å². The number of halogens is 5. The van der Waals surface area contributed by atoms with E-state index >= 15 is 0 Å². The molecule has 0 amide bonds. The van der Waals surface area contributed by atoms with Crippen LogP contribution in [0.3, 0.4) is 0 Å². The highest BCUT2D eigenvalue weighted by atomic mass is 127. The van der Waals surface area contributed by atoms with Crippen LogP contribution in [0.2, 0.25) is 0 Å². The molecule has 0 saturated heterocycles. The van der Waals surface area contributed by atoms with Gasteiger partial charge < -0.3 is 0 Å². The second kappa shape index (κ2) is 5.05. The molecule has 0 heterocycles. The van der Waals surface area contributed by atoms with Crippen molar-refractivity contribution in [3.05, 3.63) is 27.3 Å². The van der Waals surface area contributed by atoms with Crippen LogP contribution in [0.4, 0.5) is 14.5 Å². The van der Waals surface area contributed by atoms with Gasteiger partial charge in [0, 0.05) is 3.57 Å². The molecular weight excluding hydrogens is 402 g/mol. The van der Waals surface area contributed by atoms with Crippen LogP contribution >= 0.6 is 50.1 Å². The number of aryl methyl sites for hydroxylation is 1. The number of alkyl halides is 3. The standard InChI is InChI=1S/C9H6BrClF2IN/c1-5-2-3-7(6(14)4-5)15-8(11)9(10,12)13/h2-4H,1H3. The number of hydrogen-bond acceptors (Lipinski definition) is 1. The number of aliphatic imine (C=N–C) groups is 1. The van der Waals surface area contributed by atoms with Crippen LogP contribution in [0.1, 0.15) is 5.56 Å². The van der Waals surface area contributed by atoms with Crippen LogP contribution in [0.25, 0.3) is 0 Å². The Morgan fingerprint density at radius 1 is 1.53 bits per heavy atom. The number of benzene rings is 1. The second-order valence-electron chi connectivity index (χ2n) is 2.86. The van der Waals surface area contributed by atoms with Gasteiger partial charge in [-0.1, -0.05) is 17.7 Å². The Morgan fingerprint density at radius 2 is 2.13 bits per heavy atom. The highest BCUT2D eigenvalue weighted by Gasteiger charge is 2.30. The Morgan fingerprint density at radius 3 is 2.60 bits per heavy atom. The summed E-state index contributed by atoms with van der Waals surface area (Å²) >= 11 is 9.52. The van der Waals surface area contributed by atoms with Crippen LogP contribution in [0.5, 0.6) is 0 Å². The highest BCUT2D eigenvalue weighted by Crippen LogP contribution is 2.30. The third kappa shape index (κ3) is 3.96. The van der Waals surface area contributed by atoms with E-state index < -0.39 is 10.0 Å². The first-order valence-corrected chi connectivity index (χ1v) is 6.13. The van der Waals surface area contributed by atoms with E-state index in [4.69, 9.17) is 11.6 Å². The fourth-order valence-corrected chi connectivity index (χ4v) is 1.84. The quantitative estimate of drug-likeness (QED) is 0.377. The normalized spacial score (nSPS) is 13.1. The summed E-state index contributed by atoms with van der Waals surface area (Å²) in [7, 11) is 0. The summed E-state index contributed by atoms with van der Waals surface area (Å²) in [6, 6.07) is 5.28. The fourth-order valence-electron chi connectivity index (χ4n) is 0.872. The number of rotatable bonds is 2.